The van der Waals surface area contributed by atoms with E-state index in [9.17, 15) is 4.79 Å². The van der Waals surface area contributed by atoms with Crippen molar-refractivity contribution in [3.63, 3.8) is 0 Å². The first-order chi connectivity index (χ1) is 11.0. The number of carbonyl (C=O) groups excluding carboxylic acids is 1. The summed E-state index contributed by atoms with van der Waals surface area (Å²) in [5, 5.41) is 6.15. The topological polar surface area (TPSA) is 50.4 Å². The maximum Gasteiger partial charge on any atom is 0.317 e. The fourth-order valence-electron chi connectivity index (χ4n) is 2.06. The van der Waals surface area contributed by atoms with E-state index in [4.69, 9.17) is 16.3 Å². The van der Waals surface area contributed by atoms with Crippen LogP contribution in [0.5, 0.6) is 5.75 Å². The molecule has 5 heteroatoms. The van der Waals surface area contributed by atoms with Gasteiger partial charge in [-0.1, -0.05) is 29.8 Å². The molecule has 2 aromatic rings. The van der Waals surface area contributed by atoms with Crippen LogP contribution in [0.25, 0.3) is 0 Å². The third-order valence-electron chi connectivity index (χ3n) is 3.54. The molecular weight excluding hydrogens is 312 g/mol. The van der Waals surface area contributed by atoms with Gasteiger partial charge < -0.3 is 15.4 Å². The minimum Gasteiger partial charge on any atom is -0.473 e. The maximum atomic E-state index is 11.7. The molecule has 0 bridgehead atoms. The lowest BCUT2D eigenvalue weighted by Crippen LogP contribution is -2.38. The second kappa shape index (κ2) is 8.44. The first-order valence-corrected chi connectivity index (χ1v) is 7.88. The minimum atomic E-state index is -0.254. The Morgan fingerprint density at radius 2 is 1.91 bits per heavy atom. The van der Waals surface area contributed by atoms with E-state index in [1.165, 1.54) is 5.56 Å². The third kappa shape index (κ3) is 5.83. The van der Waals surface area contributed by atoms with Crippen molar-refractivity contribution in [1.29, 1.82) is 0 Å². The lowest BCUT2D eigenvalue weighted by atomic mass is 10.1. The molecule has 0 aromatic heterocycles. The first kappa shape index (κ1) is 17.2. The summed E-state index contributed by atoms with van der Waals surface area (Å²) in [7, 11) is 0. The Hall–Kier alpha value is -2.20. The highest BCUT2D eigenvalue weighted by Gasteiger charge is 2.01. The number of aryl methyl sites for hydroxylation is 2. The fourth-order valence-corrected chi connectivity index (χ4v) is 2.28. The van der Waals surface area contributed by atoms with Gasteiger partial charge in [0.25, 0.3) is 0 Å². The molecule has 0 unspecified atom stereocenters. The quantitative estimate of drug-likeness (QED) is 0.790. The Morgan fingerprint density at radius 3 is 2.65 bits per heavy atom. The summed E-state index contributed by atoms with van der Waals surface area (Å²) in [6.07, 6.45) is 0.728. The van der Waals surface area contributed by atoms with Crippen LogP contribution in [0.1, 0.15) is 16.7 Å². The van der Waals surface area contributed by atoms with E-state index < -0.39 is 0 Å². The number of rotatable bonds is 6. The molecule has 0 aliphatic heterocycles. The van der Waals surface area contributed by atoms with Crippen molar-refractivity contribution >= 4 is 17.6 Å². The van der Waals surface area contributed by atoms with Gasteiger partial charge in [0.05, 0.1) is 0 Å². The Labute approximate surface area is 141 Å². The Bertz CT molecular complexity index is 674. The van der Waals surface area contributed by atoms with Crippen molar-refractivity contribution in [2.24, 2.45) is 0 Å². The SMILES string of the molecule is Cc1ccc(OCNC(=O)NCCc2cccc(Cl)c2)cc1C. The number of hydrogen-bond donors (Lipinski definition) is 2. The van der Waals surface area contributed by atoms with Crippen LogP contribution in [0.3, 0.4) is 0 Å². The van der Waals surface area contributed by atoms with Crippen molar-refractivity contribution < 1.29 is 9.53 Å². The van der Waals surface area contributed by atoms with Crippen LogP contribution in [-0.4, -0.2) is 19.3 Å². The van der Waals surface area contributed by atoms with E-state index in [1.54, 1.807) is 0 Å². The summed E-state index contributed by atoms with van der Waals surface area (Å²) in [5.74, 6) is 0.743. The van der Waals surface area contributed by atoms with Crippen molar-refractivity contribution in [2.75, 3.05) is 13.3 Å². The molecular formula is C18H21ClN2O2. The standard InChI is InChI=1S/C18H21ClN2O2/c1-13-6-7-17(10-14(13)2)23-12-21-18(22)20-9-8-15-4-3-5-16(19)11-15/h3-7,10-11H,8-9,12H2,1-2H3,(H2,20,21,22). The lowest BCUT2D eigenvalue weighted by Gasteiger charge is -2.10. The highest BCUT2D eigenvalue weighted by atomic mass is 35.5. The van der Waals surface area contributed by atoms with Gasteiger partial charge >= 0.3 is 6.03 Å². The normalized spacial score (nSPS) is 10.2. The van der Waals surface area contributed by atoms with Crippen LogP contribution in [0.2, 0.25) is 5.02 Å². The largest absolute Gasteiger partial charge is 0.473 e. The number of amides is 2. The molecule has 23 heavy (non-hydrogen) atoms. The predicted octanol–water partition coefficient (Wildman–Crippen LogP) is 3.84. The highest BCUT2D eigenvalue weighted by Crippen LogP contribution is 2.15. The van der Waals surface area contributed by atoms with Gasteiger partial charge in [-0.05, 0) is 61.2 Å². The van der Waals surface area contributed by atoms with Gasteiger partial charge in [-0.15, -0.1) is 0 Å². The zero-order valence-corrected chi connectivity index (χ0v) is 14.1. The molecule has 0 heterocycles. The van der Waals surface area contributed by atoms with Crippen molar-refractivity contribution in [3.05, 3.63) is 64.2 Å². The van der Waals surface area contributed by atoms with E-state index in [2.05, 4.69) is 10.6 Å². The minimum absolute atomic E-state index is 0.130. The van der Waals surface area contributed by atoms with E-state index in [0.717, 1.165) is 23.3 Å². The van der Waals surface area contributed by atoms with Gasteiger partial charge in [0.15, 0.2) is 6.73 Å². The average molecular weight is 333 g/mol. The molecule has 0 saturated carbocycles. The zero-order valence-electron chi connectivity index (χ0n) is 13.4. The van der Waals surface area contributed by atoms with Gasteiger partial charge in [-0.25, -0.2) is 4.79 Å². The molecule has 0 fully saturated rings. The summed E-state index contributed by atoms with van der Waals surface area (Å²) in [6.45, 7) is 4.74. The van der Waals surface area contributed by atoms with E-state index in [1.807, 2.05) is 56.3 Å². The van der Waals surface area contributed by atoms with Crippen LogP contribution in [-0.2, 0) is 6.42 Å². The van der Waals surface area contributed by atoms with E-state index >= 15 is 0 Å². The molecule has 0 saturated heterocycles. The number of hydrogen-bond acceptors (Lipinski definition) is 2. The van der Waals surface area contributed by atoms with Crippen molar-refractivity contribution in [1.82, 2.24) is 10.6 Å². The molecule has 0 aliphatic rings. The van der Waals surface area contributed by atoms with Crippen LogP contribution in [0, 0.1) is 13.8 Å². The van der Waals surface area contributed by atoms with Crippen LogP contribution in [0.15, 0.2) is 42.5 Å². The first-order valence-electron chi connectivity index (χ1n) is 7.51. The average Bonchev–Trinajstić information content (AvgIpc) is 2.51. The number of halogens is 1. The van der Waals surface area contributed by atoms with Gasteiger partial charge in [-0.3, -0.25) is 0 Å². The number of benzene rings is 2. The number of urea groups is 1. The summed E-state index contributed by atoms with van der Waals surface area (Å²) < 4.78 is 5.50. The van der Waals surface area contributed by atoms with Crippen molar-refractivity contribution in [2.45, 2.75) is 20.3 Å². The van der Waals surface area contributed by atoms with Gasteiger partial charge in [0.1, 0.15) is 5.75 Å². The monoisotopic (exact) mass is 332 g/mol. The van der Waals surface area contributed by atoms with Crippen LogP contribution < -0.4 is 15.4 Å². The number of carbonyl (C=O) groups is 1. The molecule has 0 radical (unpaired) electrons. The molecule has 0 spiro atoms. The molecule has 4 nitrogen and oxygen atoms in total. The van der Waals surface area contributed by atoms with E-state index in [0.29, 0.717) is 11.6 Å². The van der Waals surface area contributed by atoms with Crippen molar-refractivity contribution in [3.8, 4) is 5.75 Å². The smallest absolute Gasteiger partial charge is 0.317 e. The third-order valence-corrected chi connectivity index (χ3v) is 3.77. The Balaban J connectivity index is 1.66. The zero-order chi connectivity index (χ0) is 16.7. The lowest BCUT2D eigenvalue weighted by molar-refractivity contribution is 0.224. The van der Waals surface area contributed by atoms with Gasteiger partial charge in [0.2, 0.25) is 0 Å². The molecule has 122 valence electrons. The molecule has 2 rings (SSSR count). The summed E-state index contributed by atoms with van der Waals surface area (Å²) in [5.41, 5.74) is 3.46. The summed E-state index contributed by atoms with van der Waals surface area (Å²) in [6, 6.07) is 13.2. The second-order valence-corrected chi connectivity index (χ2v) is 5.78. The molecule has 2 N–H and O–H groups in total. The Morgan fingerprint density at radius 1 is 1.09 bits per heavy atom. The maximum absolute atomic E-state index is 11.7. The summed E-state index contributed by atoms with van der Waals surface area (Å²) >= 11 is 5.92. The Kier molecular flexibility index (Phi) is 6.29. The fraction of sp³-hybridized carbons (Fsp3) is 0.278. The molecule has 2 amide bonds. The predicted molar refractivity (Wildman–Crippen MR) is 93.1 cm³/mol. The van der Waals surface area contributed by atoms with Crippen LogP contribution in [0.4, 0.5) is 4.79 Å². The van der Waals surface area contributed by atoms with Crippen LogP contribution >= 0.6 is 11.6 Å². The second-order valence-electron chi connectivity index (χ2n) is 5.35. The molecule has 2 aromatic carbocycles. The molecule has 0 atom stereocenters. The number of nitrogens with one attached hydrogen (secondary N) is 2. The van der Waals surface area contributed by atoms with Gasteiger partial charge in [-0.2, -0.15) is 0 Å². The van der Waals surface area contributed by atoms with Gasteiger partial charge in [0, 0.05) is 11.6 Å². The highest BCUT2D eigenvalue weighted by molar-refractivity contribution is 6.30. The molecule has 0 aliphatic carbocycles. The number of ether oxygens (including phenoxy) is 1. The van der Waals surface area contributed by atoms with E-state index in [-0.39, 0.29) is 12.8 Å². The summed E-state index contributed by atoms with van der Waals surface area (Å²) in [4.78, 5) is 11.7.